The van der Waals surface area contributed by atoms with Gasteiger partial charge in [-0.2, -0.15) is 0 Å². The van der Waals surface area contributed by atoms with Gasteiger partial charge in [0.2, 0.25) is 5.91 Å². The first-order valence-electron chi connectivity index (χ1n) is 7.82. The van der Waals surface area contributed by atoms with E-state index in [0.717, 1.165) is 25.7 Å². The molecule has 1 aromatic carbocycles. The van der Waals surface area contributed by atoms with Crippen molar-refractivity contribution in [2.45, 2.75) is 43.5 Å². The maximum atomic E-state index is 12.0. The maximum Gasteiger partial charge on any atom is 0.237 e. The molecule has 0 unspecified atom stereocenters. The number of benzene rings is 1. The Morgan fingerprint density at radius 2 is 1.82 bits per heavy atom. The SMILES string of the molecule is N[C@@H](CC1CCC(Cl)CC1)C(=O)NCC(=O)c1ccccc1. The number of carbonyl (C=O) groups excluding carboxylic acids is 2. The lowest BCUT2D eigenvalue weighted by Crippen LogP contribution is -2.43. The second-order valence-electron chi connectivity index (χ2n) is 5.97. The molecule has 0 bridgehead atoms. The molecule has 0 heterocycles. The molecule has 3 N–H and O–H groups in total. The summed E-state index contributed by atoms with van der Waals surface area (Å²) in [5.74, 6) is 0.0988. The Bertz CT molecular complexity index is 499. The van der Waals surface area contributed by atoms with Gasteiger partial charge in [0.05, 0.1) is 12.6 Å². The topological polar surface area (TPSA) is 72.2 Å². The third-order valence-electron chi connectivity index (χ3n) is 4.22. The van der Waals surface area contributed by atoms with E-state index in [1.165, 1.54) is 0 Å². The normalized spacial score (nSPS) is 22.8. The monoisotopic (exact) mass is 322 g/mol. The summed E-state index contributed by atoms with van der Waals surface area (Å²) >= 11 is 6.08. The molecule has 1 aliphatic carbocycles. The van der Waals surface area contributed by atoms with Crippen molar-refractivity contribution in [3.8, 4) is 0 Å². The van der Waals surface area contributed by atoms with Gasteiger partial charge in [-0.1, -0.05) is 30.3 Å². The molecule has 1 aliphatic rings. The molecule has 4 nitrogen and oxygen atoms in total. The molecule has 22 heavy (non-hydrogen) atoms. The predicted octanol–water partition coefficient (Wildman–Crippen LogP) is 2.50. The Morgan fingerprint density at radius 1 is 1.18 bits per heavy atom. The van der Waals surface area contributed by atoms with E-state index in [0.29, 0.717) is 17.9 Å². The summed E-state index contributed by atoms with van der Waals surface area (Å²) in [6.45, 7) is -0.00896. The molecular formula is C17H23ClN2O2. The molecule has 0 aliphatic heterocycles. The Kier molecular flexibility index (Phi) is 6.40. The van der Waals surface area contributed by atoms with Gasteiger partial charge in [0.25, 0.3) is 0 Å². The second kappa shape index (κ2) is 8.30. The van der Waals surface area contributed by atoms with Crippen LogP contribution in [0.5, 0.6) is 0 Å². The van der Waals surface area contributed by atoms with Crippen LogP contribution in [0.1, 0.15) is 42.5 Å². The molecular weight excluding hydrogens is 300 g/mol. The Morgan fingerprint density at radius 3 is 2.45 bits per heavy atom. The number of hydrogen-bond acceptors (Lipinski definition) is 3. The molecule has 1 atom stereocenters. The Balaban J connectivity index is 1.73. The van der Waals surface area contributed by atoms with Crippen LogP contribution in [-0.4, -0.2) is 29.7 Å². The van der Waals surface area contributed by atoms with Gasteiger partial charge in [0, 0.05) is 10.9 Å². The first-order chi connectivity index (χ1) is 10.6. The fraction of sp³-hybridized carbons (Fsp3) is 0.529. The van der Waals surface area contributed by atoms with Crippen LogP contribution in [0.4, 0.5) is 0 Å². The van der Waals surface area contributed by atoms with Crippen molar-refractivity contribution >= 4 is 23.3 Å². The summed E-state index contributed by atoms with van der Waals surface area (Å²) in [6, 6.07) is 8.36. The number of Topliss-reactive ketones (excluding diaryl/α,β-unsaturated/α-hetero) is 1. The zero-order chi connectivity index (χ0) is 15.9. The van der Waals surface area contributed by atoms with Crippen molar-refractivity contribution in [1.82, 2.24) is 5.32 Å². The highest BCUT2D eigenvalue weighted by Gasteiger charge is 2.24. The molecule has 2 rings (SSSR count). The van der Waals surface area contributed by atoms with E-state index < -0.39 is 6.04 Å². The van der Waals surface area contributed by atoms with Crippen molar-refractivity contribution in [3.63, 3.8) is 0 Å². The summed E-state index contributed by atoms with van der Waals surface area (Å²) in [5, 5.41) is 2.91. The van der Waals surface area contributed by atoms with Gasteiger partial charge >= 0.3 is 0 Å². The van der Waals surface area contributed by atoms with E-state index in [2.05, 4.69) is 5.32 Å². The highest BCUT2D eigenvalue weighted by molar-refractivity contribution is 6.20. The third-order valence-corrected chi connectivity index (χ3v) is 4.66. The smallest absolute Gasteiger partial charge is 0.237 e. The van der Waals surface area contributed by atoms with Crippen molar-refractivity contribution in [1.29, 1.82) is 0 Å². The lowest BCUT2D eigenvalue weighted by molar-refractivity contribution is -0.122. The molecule has 1 aromatic rings. The number of hydrogen-bond donors (Lipinski definition) is 2. The van der Waals surface area contributed by atoms with Crippen LogP contribution in [0.2, 0.25) is 0 Å². The average molecular weight is 323 g/mol. The Hall–Kier alpha value is -1.39. The zero-order valence-corrected chi connectivity index (χ0v) is 13.4. The third kappa shape index (κ3) is 5.11. The molecule has 1 fully saturated rings. The minimum atomic E-state index is -0.555. The van der Waals surface area contributed by atoms with Gasteiger partial charge in [-0.3, -0.25) is 9.59 Å². The van der Waals surface area contributed by atoms with Gasteiger partial charge < -0.3 is 11.1 Å². The van der Waals surface area contributed by atoms with E-state index in [1.54, 1.807) is 24.3 Å². The summed E-state index contributed by atoms with van der Waals surface area (Å²) in [5.41, 5.74) is 6.55. The van der Waals surface area contributed by atoms with E-state index >= 15 is 0 Å². The lowest BCUT2D eigenvalue weighted by Gasteiger charge is -2.26. The van der Waals surface area contributed by atoms with Gasteiger partial charge in [-0.15, -0.1) is 11.6 Å². The van der Waals surface area contributed by atoms with Gasteiger partial charge in [0.1, 0.15) is 0 Å². The number of amides is 1. The molecule has 0 spiro atoms. The maximum absolute atomic E-state index is 12.0. The number of carbonyl (C=O) groups is 2. The predicted molar refractivity (Wildman–Crippen MR) is 88.0 cm³/mol. The summed E-state index contributed by atoms with van der Waals surface area (Å²) in [7, 11) is 0. The van der Waals surface area contributed by atoms with Crippen molar-refractivity contribution in [2.75, 3.05) is 6.54 Å². The van der Waals surface area contributed by atoms with Crippen LogP contribution in [0.25, 0.3) is 0 Å². The minimum Gasteiger partial charge on any atom is -0.347 e. The first kappa shape index (κ1) is 17.0. The fourth-order valence-corrected chi connectivity index (χ4v) is 3.10. The second-order valence-corrected chi connectivity index (χ2v) is 6.58. The van der Waals surface area contributed by atoms with Crippen LogP contribution < -0.4 is 11.1 Å². The van der Waals surface area contributed by atoms with Crippen LogP contribution in [0.3, 0.4) is 0 Å². The fourth-order valence-electron chi connectivity index (χ4n) is 2.85. The van der Waals surface area contributed by atoms with Crippen molar-refractivity contribution in [2.24, 2.45) is 11.7 Å². The molecule has 0 radical (unpaired) electrons. The number of alkyl halides is 1. The molecule has 120 valence electrons. The minimum absolute atomic E-state index is 0.00896. The quantitative estimate of drug-likeness (QED) is 0.624. The Labute approximate surface area is 136 Å². The van der Waals surface area contributed by atoms with Crippen molar-refractivity contribution < 1.29 is 9.59 Å². The number of ketones is 1. The molecule has 0 saturated heterocycles. The molecule has 1 amide bonds. The highest BCUT2D eigenvalue weighted by atomic mass is 35.5. The van der Waals surface area contributed by atoms with Gasteiger partial charge in [-0.05, 0) is 38.0 Å². The van der Waals surface area contributed by atoms with E-state index in [4.69, 9.17) is 17.3 Å². The van der Waals surface area contributed by atoms with E-state index in [-0.39, 0.29) is 23.6 Å². The summed E-state index contributed by atoms with van der Waals surface area (Å²) < 4.78 is 0. The van der Waals surface area contributed by atoms with Crippen LogP contribution in [0, 0.1) is 5.92 Å². The molecule has 0 aromatic heterocycles. The summed E-state index contributed by atoms with van der Waals surface area (Å²) in [4.78, 5) is 23.9. The van der Waals surface area contributed by atoms with Gasteiger partial charge in [-0.25, -0.2) is 0 Å². The number of rotatable bonds is 6. The van der Waals surface area contributed by atoms with Gasteiger partial charge in [0.15, 0.2) is 5.78 Å². The van der Waals surface area contributed by atoms with Crippen molar-refractivity contribution in [3.05, 3.63) is 35.9 Å². The number of halogens is 1. The lowest BCUT2D eigenvalue weighted by atomic mass is 9.84. The van der Waals surface area contributed by atoms with E-state index in [9.17, 15) is 9.59 Å². The first-order valence-corrected chi connectivity index (χ1v) is 8.25. The van der Waals surface area contributed by atoms with Crippen LogP contribution in [-0.2, 0) is 4.79 Å². The average Bonchev–Trinajstić information content (AvgIpc) is 2.55. The molecule has 1 saturated carbocycles. The zero-order valence-electron chi connectivity index (χ0n) is 12.6. The highest BCUT2D eigenvalue weighted by Crippen LogP contribution is 2.30. The summed E-state index contributed by atoms with van der Waals surface area (Å²) in [6.07, 6.45) is 4.70. The standard InChI is InChI=1S/C17H23ClN2O2/c18-14-8-6-12(7-9-14)10-15(19)17(22)20-11-16(21)13-4-2-1-3-5-13/h1-5,12,14-15H,6-11,19H2,(H,20,22)/t12?,14?,15-/m0/s1. The van der Waals surface area contributed by atoms with E-state index in [1.807, 2.05) is 6.07 Å². The van der Waals surface area contributed by atoms with Crippen LogP contribution >= 0.6 is 11.6 Å². The molecule has 5 heteroatoms. The van der Waals surface area contributed by atoms with Crippen LogP contribution in [0.15, 0.2) is 30.3 Å². The largest absolute Gasteiger partial charge is 0.347 e. The number of nitrogens with one attached hydrogen (secondary N) is 1. The number of nitrogens with two attached hydrogens (primary N) is 1.